The van der Waals surface area contributed by atoms with E-state index in [0.29, 0.717) is 23.2 Å². The van der Waals surface area contributed by atoms with E-state index in [4.69, 9.17) is 0 Å². The highest BCUT2D eigenvalue weighted by Gasteiger charge is 2.14. The summed E-state index contributed by atoms with van der Waals surface area (Å²) in [7, 11) is -3.69. The van der Waals surface area contributed by atoms with Crippen LogP contribution in [-0.2, 0) is 16.4 Å². The molecule has 0 atom stereocenters. The van der Waals surface area contributed by atoms with Gasteiger partial charge in [-0.1, -0.05) is 24.8 Å². The molecule has 0 saturated heterocycles. The molecule has 0 aliphatic rings. The molecule has 0 saturated carbocycles. The second-order valence-electron chi connectivity index (χ2n) is 8.12. The molecule has 178 valence electrons. The second-order valence-corrected chi connectivity index (χ2v) is 9.80. The maximum Gasteiger partial charge on any atom is 0.261 e. The van der Waals surface area contributed by atoms with Gasteiger partial charge in [0.1, 0.15) is 5.82 Å². The van der Waals surface area contributed by atoms with Crippen LogP contribution in [-0.4, -0.2) is 23.4 Å². The topological polar surface area (TPSA) is 109 Å². The van der Waals surface area contributed by atoms with Gasteiger partial charge >= 0.3 is 0 Å². The molecular weight excluding hydrogens is 460 g/mol. The molecule has 0 fully saturated rings. The number of benzene rings is 2. The predicted molar refractivity (Wildman–Crippen MR) is 138 cm³/mol. The number of hydrogen-bond donors (Lipinski definition) is 3. The first-order chi connectivity index (χ1) is 16.8. The fourth-order valence-corrected chi connectivity index (χ4v) is 4.48. The average Bonchev–Trinajstić information content (AvgIpc) is 2.83. The summed E-state index contributed by atoms with van der Waals surface area (Å²) in [5.41, 5.74) is 4.99. The highest BCUT2D eigenvalue weighted by molar-refractivity contribution is 7.89. The van der Waals surface area contributed by atoms with Gasteiger partial charge in [-0.15, -0.1) is 0 Å². The van der Waals surface area contributed by atoms with Crippen LogP contribution in [0.2, 0.25) is 0 Å². The minimum atomic E-state index is -3.69. The molecule has 0 aliphatic heterocycles. The Kier molecular flexibility index (Phi) is 7.07. The van der Waals surface area contributed by atoms with Gasteiger partial charge in [-0.05, 0) is 73.9 Å². The lowest BCUT2D eigenvalue weighted by Crippen LogP contribution is -2.21. The number of sulfonamides is 1. The van der Waals surface area contributed by atoms with E-state index in [1.54, 1.807) is 43.7 Å². The van der Waals surface area contributed by atoms with Gasteiger partial charge in [0.25, 0.3) is 10.0 Å². The van der Waals surface area contributed by atoms with Crippen LogP contribution in [0.25, 0.3) is 0 Å². The van der Waals surface area contributed by atoms with Gasteiger partial charge in [0.15, 0.2) is 0 Å². The molecule has 35 heavy (non-hydrogen) atoms. The summed E-state index contributed by atoms with van der Waals surface area (Å²) < 4.78 is 27.3. The van der Waals surface area contributed by atoms with E-state index < -0.39 is 10.0 Å². The third-order valence-electron chi connectivity index (χ3n) is 5.06. The molecule has 0 unspecified atom stereocenters. The highest BCUT2D eigenvalue weighted by Crippen LogP contribution is 2.23. The Hall–Kier alpha value is -4.24. The number of aryl methyl sites for hydroxylation is 1. The number of nitrogens with one attached hydrogen (secondary N) is 3. The first-order valence-electron chi connectivity index (χ1n) is 10.9. The summed E-state index contributed by atoms with van der Waals surface area (Å²) in [5, 5.41) is 6.41. The molecule has 0 radical (unpaired) electrons. The van der Waals surface area contributed by atoms with Crippen LogP contribution >= 0.6 is 0 Å². The quantitative estimate of drug-likeness (QED) is 0.303. The van der Waals surface area contributed by atoms with Crippen molar-refractivity contribution < 1.29 is 8.42 Å². The van der Waals surface area contributed by atoms with Crippen molar-refractivity contribution in [3.8, 4) is 0 Å². The summed E-state index contributed by atoms with van der Waals surface area (Å²) >= 11 is 0. The van der Waals surface area contributed by atoms with Gasteiger partial charge in [0.05, 0.1) is 4.90 Å². The smallest absolute Gasteiger partial charge is 0.261 e. The molecule has 2 heterocycles. The summed E-state index contributed by atoms with van der Waals surface area (Å²) in [6, 6.07) is 18.6. The molecule has 3 N–H and O–H groups in total. The maximum absolute atomic E-state index is 12.5. The largest absolute Gasteiger partial charge is 0.340 e. The van der Waals surface area contributed by atoms with Crippen molar-refractivity contribution in [2.45, 2.75) is 25.2 Å². The average molecular weight is 487 g/mol. The second kappa shape index (κ2) is 10.4. The molecule has 0 bridgehead atoms. The Morgan fingerprint density at radius 3 is 2.37 bits per heavy atom. The van der Waals surface area contributed by atoms with E-state index in [9.17, 15) is 8.42 Å². The minimum Gasteiger partial charge on any atom is -0.340 e. The van der Waals surface area contributed by atoms with Crippen LogP contribution in [0.5, 0.6) is 0 Å². The molecule has 2 aromatic carbocycles. The summed E-state index contributed by atoms with van der Waals surface area (Å²) in [6.07, 6.45) is 6.12. The molecular formula is C26H26N6O2S. The van der Waals surface area contributed by atoms with Gasteiger partial charge in [-0.25, -0.2) is 13.4 Å². The number of nitrogens with zero attached hydrogens (tertiary/aromatic N) is 3. The minimum absolute atomic E-state index is 0.127. The van der Waals surface area contributed by atoms with E-state index in [2.05, 4.69) is 49.0 Å². The summed E-state index contributed by atoms with van der Waals surface area (Å²) in [5.74, 6) is 0.993. The van der Waals surface area contributed by atoms with Gasteiger partial charge in [0, 0.05) is 41.2 Å². The van der Waals surface area contributed by atoms with Crippen molar-refractivity contribution in [3.63, 3.8) is 0 Å². The van der Waals surface area contributed by atoms with E-state index in [1.165, 1.54) is 17.2 Å². The van der Waals surface area contributed by atoms with Crippen molar-refractivity contribution >= 4 is 33.2 Å². The predicted octanol–water partition coefficient (Wildman–Crippen LogP) is 5.07. The van der Waals surface area contributed by atoms with Gasteiger partial charge in [-0.3, -0.25) is 9.71 Å². The molecule has 2 aromatic heterocycles. The monoisotopic (exact) mass is 486 g/mol. The fourth-order valence-electron chi connectivity index (χ4n) is 3.37. The SMILES string of the molecule is C=C(C)NS(=O)(=O)c1cccc(Nc2nc(Nc3ccc(Cc4ccncc4)cc3)ncc2C)c1. The Morgan fingerprint density at radius 1 is 0.943 bits per heavy atom. The molecule has 4 aromatic rings. The van der Waals surface area contributed by atoms with Crippen LogP contribution < -0.4 is 15.4 Å². The number of anilines is 4. The zero-order chi connectivity index (χ0) is 24.8. The number of rotatable bonds is 9. The lowest BCUT2D eigenvalue weighted by atomic mass is 10.1. The first-order valence-corrected chi connectivity index (χ1v) is 12.4. The van der Waals surface area contributed by atoms with Gasteiger partial charge in [0.2, 0.25) is 5.95 Å². The molecule has 8 nitrogen and oxygen atoms in total. The van der Waals surface area contributed by atoms with Crippen molar-refractivity contribution in [2.24, 2.45) is 0 Å². The van der Waals surface area contributed by atoms with Crippen molar-refractivity contribution in [1.82, 2.24) is 19.7 Å². The highest BCUT2D eigenvalue weighted by atomic mass is 32.2. The third kappa shape index (κ3) is 6.42. The lowest BCUT2D eigenvalue weighted by Gasteiger charge is -2.13. The third-order valence-corrected chi connectivity index (χ3v) is 6.55. The van der Waals surface area contributed by atoms with E-state index in [1.807, 2.05) is 31.2 Å². The van der Waals surface area contributed by atoms with E-state index >= 15 is 0 Å². The van der Waals surface area contributed by atoms with Crippen LogP contribution in [0.4, 0.5) is 23.1 Å². The van der Waals surface area contributed by atoms with Gasteiger partial charge < -0.3 is 10.6 Å². The van der Waals surface area contributed by atoms with Crippen LogP contribution in [0.15, 0.2) is 96.4 Å². The molecule has 0 aliphatic carbocycles. The Balaban J connectivity index is 1.48. The number of pyridine rings is 1. The molecule has 9 heteroatoms. The zero-order valence-electron chi connectivity index (χ0n) is 19.5. The van der Waals surface area contributed by atoms with Gasteiger partial charge in [-0.2, -0.15) is 4.98 Å². The normalized spacial score (nSPS) is 11.0. The Labute approximate surface area is 205 Å². The maximum atomic E-state index is 12.5. The first kappa shape index (κ1) is 23.9. The number of aromatic nitrogens is 3. The Bertz CT molecular complexity index is 1440. The molecule has 0 spiro atoms. The standard InChI is InChI=1S/C26H26N6O2S/c1-18(2)32-35(33,34)24-6-4-5-23(16-24)29-25-19(3)17-28-26(31-25)30-22-9-7-20(8-10-22)15-21-11-13-27-14-12-21/h4-14,16-17,32H,1,15H2,2-3H3,(H2,28,29,30,31). The fraction of sp³-hybridized carbons (Fsp3) is 0.115. The lowest BCUT2D eigenvalue weighted by molar-refractivity contribution is 0.589. The van der Waals surface area contributed by atoms with Crippen molar-refractivity contribution in [1.29, 1.82) is 0 Å². The van der Waals surface area contributed by atoms with E-state index in [0.717, 1.165) is 17.7 Å². The number of hydrogen-bond acceptors (Lipinski definition) is 7. The van der Waals surface area contributed by atoms with Crippen molar-refractivity contribution in [2.75, 3.05) is 10.6 Å². The van der Waals surface area contributed by atoms with Crippen LogP contribution in [0, 0.1) is 6.92 Å². The Morgan fingerprint density at radius 2 is 1.66 bits per heavy atom. The molecule has 0 amide bonds. The van der Waals surface area contributed by atoms with Crippen molar-refractivity contribution in [3.05, 3.63) is 108 Å². The summed E-state index contributed by atoms with van der Waals surface area (Å²) in [6.45, 7) is 7.07. The molecule has 4 rings (SSSR count). The zero-order valence-corrected chi connectivity index (χ0v) is 20.3. The van der Waals surface area contributed by atoms with Crippen LogP contribution in [0.1, 0.15) is 23.6 Å². The summed E-state index contributed by atoms with van der Waals surface area (Å²) in [4.78, 5) is 13.1. The van der Waals surface area contributed by atoms with Crippen LogP contribution in [0.3, 0.4) is 0 Å². The van der Waals surface area contributed by atoms with E-state index in [-0.39, 0.29) is 4.90 Å². The number of allylic oxidation sites excluding steroid dienone is 1.